The van der Waals surface area contributed by atoms with Crippen LogP contribution in [0.2, 0.25) is 5.02 Å². The first-order valence-corrected chi connectivity index (χ1v) is 7.78. The number of carbonyl (C=O) groups excluding carboxylic acids is 2. The van der Waals surface area contributed by atoms with E-state index in [0.717, 1.165) is 13.3 Å². The number of ether oxygens (including phenoxy) is 1. The Labute approximate surface area is 157 Å². The van der Waals surface area contributed by atoms with Gasteiger partial charge in [0.1, 0.15) is 11.3 Å². The van der Waals surface area contributed by atoms with Gasteiger partial charge < -0.3 is 14.2 Å². The number of esters is 1. The van der Waals surface area contributed by atoms with Crippen molar-refractivity contribution in [3.63, 3.8) is 0 Å². The zero-order chi connectivity index (χ0) is 20.4. The number of benzene rings is 1. The third kappa shape index (κ3) is 4.30. The molecule has 0 N–H and O–H groups in total. The zero-order valence-corrected chi connectivity index (χ0v) is 15.2. The van der Waals surface area contributed by atoms with Gasteiger partial charge in [0.2, 0.25) is 0 Å². The van der Waals surface area contributed by atoms with Crippen molar-refractivity contribution in [1.82, 2.24) is 10.1 Å². The van der Waals surface area contributed by atoms with Crippen molar-refractivity contribution in [2.24, 2.45) is 0 Å². The molecule has 0 fully saturated rings. The molecule has 27 heavy (non-hydrogen) atoms. The summed E-state index contributed by atoms with van der Waals surface area (Å²) in [6.45, 7) is 0. The van der Waals surface area contributed by atoms with Crippen LogP contribution in [0.25, 0.3) is 16.8 Å². The number of nitrogens with zero attached hydrogens (tertiary/aromatic N) is 2. The lowest BCUT2D eigenvalue weighted by Gasteiger charge is -2.12. The molecular formula is C17H14ClF3N2O4. The van der Waals surface area contributed by atoms with E-state index in [1.165, 1.54) is 31.1 Å². The second-order valence-corrected chi connectivity index (χ2v) is 5.95. The standard InChI is InChI=1S/C17H14ClF3N2O4/c1-23(2)8-10(15(24)17(19,20)21)14-12(16(25)26-3)13(22-27-14)9-6-4-5-7-11(9)18/h4-8H,1-3H3/b10-8-. The van der Waals surface area contributed by atoms with Gasteiger partial charge in [-0.15, -0.1) is 0 Å². The summed E-state index contributed by atoms with van der Waals surface area (Å²) in [4.78, 5) is 25.4. The summed E-state index contributed by atoms with van der Waals surface area (Å²) in [5, 5.41) is 3.85. The normalized spacial score (nSPS) is 12.0. The van der Waals surface area contributed by atoms with Crippen molar-refractivity contribution >= 4 is 28.9 Å². The molecule has 6 nitrogen and oxygen atoms in total. The zero-order valence-electron chi connectivity index (χ0n) is 14.4. The monoisotopic (exact) mass is 402 g/mol. The molecule has 0 aliphatic carbocycles. The fraction of sp³-hybridized carbons (Fsp3) is 0.235. The van der Waals surface area contributed by atoms with Crippen LogP contribution in [0.4, 0.5) is 13.2 Å². The Morgan fingerprint density at radius 3 is 2.41 bits per heavy atom. The van der Waals surface area contributed by atoms with E-state index >= 15 is 0 Å². The average molecular weight is 403 g/mol. The predicted molar refractivity (Wildman–Crippen MR) is 91.0 cm³/mol. The van der Waals surface area contributed by atoms with Crippen LogP contribution in [0.15, 0.2) is 35.0 Å². The van der Waals surface area contributed by atoms with Crippen molar-refractivity contribution in [3.8, 4) is 11.3 Å². The topological polar surface area (TPSA) is 72.6 Å². The molecule has 0 saturated heterocycles. The number of Topliss-reactive ketones (excluding diaryl/α,β-unsaturated/α-hetero) is 1. The van der Waals surface area contributed by atoms with E-state index < -0.39 is 34.8 Å². The van der Waals surface area contributed by atoms with Crippen molar-refractivity contribution in [3.05, 3.63) is 46.8 Å². The summed E-state index contributed by atoms with van der Waals surface area (Å²) in [6, 6.07) is 6.21. The molecule has 1 aromatic carbocycles. The summed E-state index contributed by atoms with van der Waals surface area (Å²) in [5.41, 5.74) is -1.23. The Morgan fingerprint density at radius 1 is 1.26 bits per heavy atom. The lowest BCUT2D eigenvalue weighted by Crippen LogP contribution is -2.25. The number of allylic oxidation sites excluding steroid dienone is 1. The number of hydrogen-bond acceptors (Lipinski definition) is 6. The van der Waals surface area contributed by atoms with Gasteiger partial charge in [-0.25, -0.2) is 4.79 Å². The van der Waals surface area contributed by atoms with Gasteiger partial charge >= 0.3 is 12.1 Å². The second kappa shape index (κ2) is 7.83. The van der Waals surface area contributed by atoms with Crippen molar-refractivity contribution in [2.45, 2.75) is 6.18 Å². The van der Waals surface area contributed by atoms with Gasteiger partial charge in [-0.3, -0.25) is 4.79 Å². The van der Waals surface area contributed by atoms with Crippen LogP contribution in [0, 0.1) is 0 Å². The van der Waals surface area contributed by atoms with Crippen molar-refractivity contribution < 1.29 is 32.0 Å². The highest BCUT2D eigenvalue weighted by molar-refractivity contribution is 6.33. The Kier molecular flexibility index (Phi) is 5.94. The maximum absolute atomic E-state index is 13.0. The Hall–Kier alpha value is -2.81. The fourth-order valence-electron chi connectivity index (χ4n) is 2.23. The molecule has 1 aromatic heterocycles. The van der Waals surface area contributed by atoms with Gasteiger partial charge in [-0.1, -0.05) is 35.0 Å². The lowest BCUT2D eigenvalue weighted by molar-refractivity contribution is -0.164. The average Bonchev–Trinajstić information content (AvgIpc) is 3.02. The van der Waals surface area contributed by atoms with E-state index in [4.69, 9.17) is 16.1 Å². The Morgan fingerprint density at radius 2 is 1.89 bits per heavy atom. The van der Waals surface area contributed by atoms with Gasteiger partial charge in [-0.2, -0.15) is 13.2 Å². The maximum Gasteiger partial charge on any atom is 0.455 e. The number of hydrogen-bond donors (Lipinski definition) is 0. The smallest absolute Gasteiger partial charge is 0.455 e. The van der Waals surface area contributed by atoms with Gasteiger partial charge in [0.05, 0.1) is 17.7 Å². The molecule has 0 spiro atoms. The number of ketones is 1. The van der Waals surface area contributed by atoms with Crippen LogP contribution in [-0.4, -0.2) is 49.2 Å². The number of halogens is 4. The van der Waals surface area contributed by atoms with Crippen molar-refractivity contribution in [2.75, 3.05) is 21.2 Å². The minimum absolute atomic E-state index is 0.137. The summed E-state index contributed by atoms with van der Waals surface area (Å²) in [7, 11) is 3.86. The van der Waals surface area contributed by atoms with Crippen LogP contribution < -0.4 is 0 Å². The summed E-state index contributed by atoms with van der Waals surface area (Å²) < 4.78 is 48.7. The van der Waals surface area contributed by atoms with Crippen LogP contribution in [0.1, 0.15) is 16.1 Å². The van der Waals surface area contributed by atoms with Gasteiger partial charge in [0.15, 0.2) is 5.76 Å². The molecule has 0 saturated carbocycles. The number of aromatic nitrogens is 1. The van der Waals surface area contributed by atoms with Crippen LogP contribution in [-0.2, 0) is 9.53 Å². The molecule has 0 aliphatic rings. The molecule has 144 valence electrons. The molecule has 10 heteroatoms. The summed E-state index contributed by atoms with van der Waals surface area (Å²) in [6.07, 6.45) is -4.30. The largest absolute Gasteiger partial charge is 0.465 e. The first-order chi connectivity index (χ1) is 12.6. The van der Waals surface area contributed by atoms with E-state index in [9.17, 15) is 22.8 Å². The number of rotatable bonds is 5. The maximum atomic E-state index is 13.0. The number of carbonyl (C=O) groups is 2. The molecule has 0 aliphatic heterocycles. The van der Waals surface area contributed by atoms with E-state index in [2.05, 4.69) is 9.89 Å². The Bertz CT molecular complexity index is 904. The first kappa shape index (κ1) is 20.5. The fourth-order valence-corrected chi connectivity index (χ4v) is 2.46. The van der Waals surface area contributed by atoms with E-state index in [0.29, 0.717) is 0 Å². The number of methoxy groups -OCH3 is 1. The minimum atomic E-state index is -5.19. The quantitative estimate of drug-likeness (QED) is 0.559. The highest BCUT2D eigenvalue weighted by atomic mass is 35.5. The number of alkyl halides is 3. The Balaban J connectivity index is 2.77. The van der Waals surface area contributed by atoms with Crippen LogP contribution in [0.5, 0.6) is 0 Å². The molecule has 0 amide bonds. The SMILES string of the molecule is COC(=O)c1c(-c2ccccc2Cl)noc1/C(=C/N(C)C)C(=O)C(F)(F)F. The van der Waals surface area contributed by atoms with Crippen LogP contribution >= 0.6 is 11.6 Å². The molecule has 2 aromatic rings. The summed E-state index contributed by atoms with van der Waals surface area (Å²) in [5.74, 6) is -3.88. The molecule has 0 bridgehead atoms. The lowest BCUT2D eigenvalue weighted by atomic mass is 10.0. The first-order valence-electron chi connectivity index (χ1n) is 7.41. The third-order valence-corrected chi connectivity index (χ3v) is 3.67. The molecule has 0 unspecified atom stereocenters. The second-order valence-electron chi connectivity index (χ2n) is 5.54. The molecule has 0 radical (unpaired) electrons. The third-order valence-electron chi connectivity index (χ3n) is 3.34. The van der Waals surface area contributed by atoms with Gasteiger partial charge in [0, 0.05) is 25.9 Å². The van der Waals surface area contributed by atoms with Gasteiger partial charge in [-0.05, 0) is 6.07 Å². The van der Waals surface area contributed by atoms with Crippen molar-refractivity contribution in [1.29, 1.82) is 0 Å². The highest BCUT2D eigenvalue weighted by Gasteiger charge is 2.44. The molecule has 2 rings (SSSR count). The van der Waals surface area contributed by atoms with E-state index in [1.54, 1.807) is 12.1 Å². The molecular weight excluding hydrogens is 389 g/mol. The predicted octanol–water partition coefficient (Wildman–Crippen LogP) is 3.82. The molecule has 0 atom stereocenters. The van der Waals surface area contributed by atoms with Gasteiger partial charge in [0.25, 0.3) is 5.78 Å². The highest BCUT2D eigenvalue weighted by Crippen LogP contribution is 2.36. The minimum Gasteiger partial charge on any atom is -0.465 e. The summed E-state index contributed by atoms with van der Waals surface area (Å²) >= 11 is 6.08. The molecule has 1 heterocycles. The van der Waals surface area contributed by atoms with Crippen LogP contribution in [0.3, 0.4) is 0 Å². The van der Waals surface area contributed by atoms with E-state index in [-0.39, 0.29) is 16.3 Å². The van der Waals surface area contributed by atoms with E-state index in [1.807, 2.05) is 0 Å².